The van der Waals surface area contributed by atoms with Crippen LogP contribution in [0.1, 0.15) is 50.6 Å². The Morgan fingerprint density at radius 3 is 2.84 bits per heavy atom. The normalized spacial score (nSPS) is 22.6. The summed E-state index contributed by atoms with van der Waals surface area (Å²) in [4.78, 5) is 27.3. The molecule has 0 radical (unpaired) electrons. The fourth-order valence-corrected chi connectivity index (χ4v) is 4.00. The summed E-state index contributed by atoms with van der Waals surface area (Å²) in [6, 6.07) is 7.73. The van der Waals surface area contributed by atoms with Gasteiger partial charge in [0.25, 0.3) is 11.8 Å². The monoisotopic (exact) mass is 339 g/mol. The van der Waals surface area contributed by atoms with E-state index in [1.54, 1.807) is 13.8 Å². The van der Waals surface area contributed by atoms with Crippen LogP contribution in [0.3, 0.4) is 0 Å². The van der Waals surface area contributed by atoms with Gasteiger partial charge in [0.05, 0.1) is 11.2 Å². The minimum Gasteiger partial charge on any atom is -0.361 e. The number of benzene rings is 1. The van der Waals surface area contributed by atoms with E-state index in [9.17, 15) is 9.59 Å². The summed E-state index contributed by atoms with van der Waals surface area (Å²) >= 11 is 0. The molecule has 1 saturated heterocycles. The van der Waals surface area contributed by atoms with Crippen molar-refractivity contribution in [1.29, 1.82) is 0 Å². The SMILES string of the molecule is Cc1noc(C)c1C(=O)N1CC[C@]2(CCc3ccccc3C(=O)N2)C1. The molecule has 4 rings (SSSR count). The lowest BCUT2D eigenvalue weighted by Gasteiger charge is -2.29. The van der Waals surface area contributed by atoms with Crippen LogP contribution in [-0.4, -0.2) is 40.5 Å². The van der Waals surface area contributed by atoms with E-state index in [4.69, 9.17) is 4.52 Å². The number of carbonyl (C=O) groups is 2. The van der Waals surface area contributed by atoms with Crippen molar-refractivity contribution in [2.45, 2.75) is 38.6 Å². The van der Waals surface area contributed by atoms with Gasteiger partial charge in [-0.3, -0.25) is 9.59 Å². The lowest BCUT2D eigenvalue weighted by atomic mass is 9.91. The molecule has 0 bridgehead atoms. The minimum atomic E-state index is -0.356. The first-order chi connectivity index (χ1) is 12.0. The van der Waals surface area contributed by atoms with E-state index < -0.39 is 0 Å². The van der Waals surface area contributed by atoms with Crippen LogP contribution in [0, 0.1) is 13.8 Å². The van der Waals surface area contributed by atoms with Crippen molar-refractivity contribution in [3.05, 3.63) is 52.4 Å². The molecule has 0 unspecified atom stereocenters. The van der Waals surface area contributed by atoms with E-state index >= 15 is 0 Å². The number of fused-ring (bicyclic) bond motifs is 1. The van der Waals surface area contributed by atoms with Crippen LogP contribution in [0.4, 0.5) is 0 Å². The number of nitrogens with zero attached hydrogens (tertiary/aromatic N) is 2. The minimum absolute atomic E-state index is 0.0419. The second-order valence-corrected chi connectivity index (χ2v) is 7.07. The largest absolute Gasteiger partial charge is 0.361 e. The number of aryl methyl sites for hydroxylation is 3. The smallest absolute Gasteiger partial charge is 0.259 e. The van der Waals surface area contributed by atoms with Gasteiger partial charge < -0.3 is 14.7 Å². The number of carbonyl (C=O) groups excluding carboxylic acids is 2. The molecular formula is C19H21N3O3. The lowest BCUT2D eigenvalue weighted by molar-refractivity contribution is 0.0762. The molecule has 3 heterocycles. The number of amides is 2. The molecule has 2 aromatic rings. The van der Waals surface area contributed by atoms with Crippen LogP contribution in [0.25, 0.3) is 0 Å². The Kier molecular flexibility index (Phi) is 3.63. The molecule has 0 saturated carbocycles. The number of hydrogen-bond donors (Lipinski definition) is 1. The summed E-state index contributed by atoms with van der Waals surface area (Å²) in [5, 5.41) is 7.07. The predicted molar refractivity (Wildman–Crippen MR) is 91.5 cm³/mol. The van der Waals surface area contributed by atoms with Gasteiger partial charge in [-0.1, -0.05) is 23.4 Å². The molecule has 6 nitrogen and oxygen atoms in total. The van der Waals surface area contributed by atoms with Gasteiger partial charge in [0.15, 0.2) is 0 Å². The zero-order chi connectivity index (χ0) is 17.6. The van der Waals surface area contributed by atoms with Crippen molar-refractivity contribution < 1.29 is 14.1 Å². The van der Waals surface area contributed by atoms with Gasteiger partial charge in [-0.15, -0.1) is 0 Å². The van der Waals surface area contributed by atoms with Gasteiger partial charge in [0.1, 0.15) is 11.3 Å². The van der Waals surface area contributed by atoms with Gasteiger partial charge >= 0.3 is 0 Å². The van der Waals surface area contributed by atoms with Gasteiger partial charge in [0.2, 0.25) is 0 Å². The van der Waals surface area contributed by atoms with Crippen LogP contribution < -0.4 is 5.32 Å². The number of likely N-dealkylation sites (tertiary alicyclic amines) is 1. The van der Waals surface area contributed by atoms with E-state index in [0.29, 0.717) is 30.1 Å². The fourth-order valence-electron chi connectivity index (χ4n) is 4.00. The number of nitrogens with one attached hydrogen (secondary N) is 1. The molecule has 1 aromatic carbocycles. The van der Waals surface area contributed by atoms with Gasteiger partial charge in [0, 0.05) is 18.7 Å². The maximum Gasteiger partial charge on any atom is 0.259 e. The summed E-state index contributed by atoms with van der Waals surface area (Å²) in [5.74, 6) is 0.435. The molecule has 1 N–H and O–H groups in total. The van der Waals surface area contributed by atoms with E-state index in [-0.39, 0.29) is 17.4 Å². The van der Waals surface area contributed by atoms with Crippen molar-refractivity contribution in [3.8, 4) is 0 Å². The standard InChI is InChI=1S/C19H21N3O3/c1-12-16(13(2)25-21-12)18(24)22-10-9-19(11-22)8-7-14-5-3-4-6-15(14)17(23)20-19/h3-6H,7-11H2,1-2H3,(H,20,23)/t19-/m1/s1. The third-order valence-corrected chi connectivity index (χ3v) is 5.40. The number of hydrogen-bond acceptors (Lipinski definition) is 4. The predicted octanol–water partition coefficient (Wildman–Crippen LogP) is 2.25. The Morgan fingerprint density at radius 1 is 1.28 bits per heavy atom. The van der Waals surface area contributed by atoms with Gasteiger partial charge in [-0.2, -0.15) is 0 Å². The molecule has 1 fully saturated rings. The maximum atomic E-state index is 12.9. The van der Waals surface area contributed by atoms with Gasteiger partial charge in [-0.05, 0) is 44.7 Å². The molecule has 2 aliphatic rings. The highest BCUT2D eigenvalue weighted by Crippen LogP contribution is 2.32. The Hall–Kier alpha value is -2.63. The summed E-state index contributed by atoms with van der Waals surface area (Å²) < 4.78 is 5.13. The summed E-state index contributed by atoms with van der Waals surface area (Å²) in [5.41, 5.74) is 2.62. The quantitative estimate of drug-likeness (QED) is 0.865. The number of rotatable bonds is 1. The van der Waals surface area contributed by atoms with Gasteiger partial charge in [-0.25, -0.2) is 0 Å². The van der Waals surface area contributed by atoms with Crippen LogP contribution in [0.15, 0.2) is 28.8 Å². The van der Waals surface area contributed by atoms with Crippen LogP contribution in [0.2, 0.25) is 0 Å². The average Bonchev–Trinajstić information content (AvgIpc) is 3.12. The highest BCUT2D eigenvalue weighted by Gasteiger charge is 2.43. The second kappa shape index (κ2) is 5.72. The van der Waals surface area contributed by atoms with Crippen LogP contribution in [0.5, 0.6) is 0 Å². The molecule has 0 aliphatic carbocycles. The molecule has 25 heavy (non-hydrogen) atoms. The van der Waals surface area contributed by atoms with Crippen molar-refractivity contribution in [2.75, 3.05) is 13.1 Å². The third kappa shape index (κ3) is 2.62. The van der Waals surface area contributed by atoms with Crippen molar-refractivity contribution in [2.24, 2.45) is 0 Å². The van der Waals surface area contributed by atoms with Crippen molar-refractivity contribution >= 4 is 11.8 Å². The van der Waals surface area contributed by atoms with Crippen LogP contribution >= 0.6 is 0 Å². The Bertz CT molecular complexity index is 838. The molecule has 2 aliphatic heterocycles. The average molecular weight is 339 g/mol. The second-order valence-electron chi connectivity index (χ2n) is 7.07. The zero-order valence-electron chi connectivity index (χ0n) is 14.5. The Balaban J connectivity index is 1.56. The Labute approximate surface area is 146 Å². The molecule has 1 spiro atoms. The Morgan fingerprint density at radius 2 is 2.08 bits per heavy atom. The van der Waals surface area contributed by atoms with Crippen molar-refractivity contribution in [1.82, 2.24) is 15.4 Å². The van der Waals surface area contributed by atoms with E-state index in [1.165, 1.54) is 0 Å². The number of aromatic nitrogens is 1. The van der Waals surface area contributed by atoms with Crippen LogP contribution in [-0.2, 0) is 6.42 Å². The lowest BCUT2D eigenvalue weighted by Crippen LogP contribution is -2.50. The molecule has 2 amide bonds. The highest BCUT2D eigenvalue weighted by molar-refractivity contribution is 5.98. The molecule has 1 aromatic heterocycles. The first kappa shape index (κ1) is 15.9. The summed E-state index contributed by atoms with van der Waals surface area (Å²) in [7, 11) is 0. The maximum absolute atomic E-state index is 12.9. The topological polar surface area (TPSA) is 75.4 Å². The molecule has 130 valence electrons. The van der Waals surface area contributed by atoms with Crippen molar-refractivity contribution in [3.63, 3.8) is 0 Å². The zero-order valence-corrected chi connectivity index (χ0v) is 14.5. The fraction of sp³-hybridized carbons (Fsp3) is 0.421. The third-order valence-electron chi connectivity index (χ3n) is 5.40. The van der Waals surface area contributed by atoms with E-state index in [0.717, 1.165) is 30.4 Å². The van der Waals surface area contributed by atoms with E-state index in [2.05, 4.69) is 10.5 Å². The first-order valence-electron chi connectivity index (χ1n) is 8.62. The summed E-state index contributed by atoms with van der Waals surface area (Å²) in [6.07, 6.45) is 2.44. The summed E-state index contributed by atoms with van der Waals surface area (Å²) in [6.45, 7) is 4.68. The molecule has 6 heteroatoms. The van der Waals surface area contributed by atoms with E-state index in [1.807, 2.05) is 29.2 Å². The highest BCUT2D eigenvalue weighted by atomic mass is 16.5. The molecule has 1 atom stereocenters. The first-order valence-corrected chi connectivity index (χ1v) is 8.62. The molecular weight excluding hydrogens is 318 g/mol.